The van der Waals surface area contributed by atoms with Crippen molar-refractivity contribution in [2.75, 3.05) is 0 Å². The summed E-state index contributed by atoms with van der Waals surface area (Å²) in [6.07, 6.45) is 0.765. The Kier molecular flexibility index (Phi) is 10.1. The molecule has 0 aliphatic rings. The largest absolute Gasteiger partial charge is 0.256 e. The van der Waals surface area contributed by atoms with Crippen LogP contribution in [-0.2, 0) is 0 Å². The van der Waals surface area contributed by atoms with Crippen LogP contribution in [0, 0.1) is 10.8 Å². The summed E-state index contributed by atoms with van der Waals surface area (Å²) < 4.78 is 0. The Balaban J connectivity index is 2.84. The minimum Gasteiger partial charge on any atom is -0.256 e. The molecule has 0 aromatic heterocycles. The Morgan fingerprint density at radius 3 is 0.946 bits per heavy atom. The lowest BCUT2D eigenvalue weighted by Gasteiger charge is -2.29. The fourth-order valence-corrected chi connectivity index (χ4v) is 4.66. The van der Waals surface area contributed by atoms with Gasteiger partial charge in [-0.25, -0.2) is 0 Å². The van der Waals surface area contributed by atoms with Crippen LogP contribution in [0.2, 0.25) is 0 Å². The van der Waals surface area contributed by atoms with Gasteiger partial charge in [0.2, 0.25) is 0 Å². The van der Waals surface area contributed by atoms with E-state index in [0.29, 0.717) is 23.7 Å². The predicted molar refractivity (Wildman–Crippen MR) is 167 cm³/mol. The summed E-state index contributed by atoms with van der Waals surface area (Å²) in [4.78, 5) is 11.0. The second-order valence-electron chi connectivity index (χ2n) is 14.0. The summed E-state index contributed by atoms with van der Waals surface area (Å²) >= 11 is 0. The molecule has 37 heavy (non-hydrogen) atoms. The maximum atomic E-state index is 5.52. The van der Waals surface area contributed by atoms with E-state index in [-0.39, 0.29) is 10.8 Å². The van der Waals surface area contributed by atoms with Crippen LogP contribution in [0.1, 0.15) is 149 Å². The van der Waals surface area contributed by atoms with E-state index >= 15 is 0 Å². The van der Waals surface area contributed by atoms with Crippen LogP contribution in [0.5, 0.6) is 0 Å². The van der Waals surface area contributed by atoms with Gasteiger partial charge in [-0.3, -0.25) is 9.98 Å². The number of hydrogen-bond acceptors (Lipinski definition) is 2. The number of rotatable bonds is 8. The van der Waals surface area contributed by atoms with Gasteiger partial charge in [-0.1, -0.05) is 133 Å². The molecule has 0 unspecified atom stereocenters. The lowest BCUT2D eigenvalue weighted by Crippen LogP contribution is -2.29. The zero-order chi connectivity index (χ0) is 28.3. The van der Waals surface area contributed by atoms with E-state index in [1.165, 1.54) is 33.7 Å². The third-order valence-corrected chi connectivity index (χ3v) is 7.24. The van der Waals surface area contributed by atoms with Gasteiger partial charge in [-0.05, 0) is 45.9 Å². The summed E-state index contributed by atoms with van der Waals surface area (Å²) in [5, 5.41) is 0. The molecule has 0 saturated heterocycles. The average molecular weight is 503 g/mol. The van der Waals surface area contributed by atoms with E-state index < -0.39 is 0 Å². The van der Waals surface area contributed by atoms with Crippen molar-refractivity contribution < 1.29 is 0 Å². The standard InChI is InChI=1S/C35H54N2/c1-22(2)26-17-15-18-27(23(3)4)32(26)36-30(34(9,10)11)21-31(35(12,13)14)37-33-28(24(5)6)19-16-20-29(33)25(7)8/h15-20,22-25H,21H2,1-14H3. The van der Waals surface area contributed by atoms with Crippen molar-refractivity contribution in [3.05, 3.63) is 58.7 Å². The van der Waals surface area contributed by atoms with E-state index in [1.807, 2.05) is 0 Å². The van der Waals surface area contributed by atoms with Crippen molar-refractivity contribution in [3.8, 4) is 0 Å². The fraction of sp³-hybridized carbons (Fsp3) is 0.600. The van der Waals surface area contributed by atoms with Gasteiger partial charge < -0.3 is 0 Å². The van der Waals surface area contributed by atoms with Gasteiger partial charge in [-0.15, -0.1) is 0 Å². The van der Waals surface area contributed by atoms with Gasteiger partial charge >= 0.3 is 0 Å². The minimum absolute atomic E-state index is 0.0806. The Bertz CT molecular complexity index is 971. The highest BCUT2D eigenvalue weighted by Crippen LogP contribution is 2.39. The molecule has 0 atom stereocenters. The average Bonchev–Trinajstić information content (AvgIpc) is 2.75. The quantitative estimate of drug-likeness (QED) is 0.321. The highest BCUT2D eigenvalue weighted by molar-refractivity contribution is 6.10. The van der Waals surface area contributed by atoms with Gasteiger partial charge in [0, 0.05) is 28.7 Å². The maximum absolute atomic E-state index is 5.52. The Morgan fingerprint density at radius 2 is 0.757 bits per heavy atom. The van der Waals surface area contributed by atoms with Crippen LogP contribution in [-0.4, -0.2) is 11.4 Å². The molecule has 0 saturated carbocycles. The highest BCUT2D eigenvalue weighted by Gasteiger charge is 2.28. The first kappa shape index (κ1) is 31.0. The molecule has 2 nitrogen and oxygen atoms in total. The van der Waals surface area contributed by atoms with E-state index in [0.717, 1.165) is 17.8 Å². The molecule has 0 spiro atoms. The van der Waals surface area contributed by atoms with Crippen molar-refractivity contribution >= 4 is 22.8 Å². The minimum atomic E-state index is -0.0806. The number of para-hydroxylation sites is 2. The van der Waals surface area contributed by atoms with Gasteiger partial charge in [-0.2, -0.15) is 0 Å². The molecule has 0 aliphatic heterocycles. The zero-order valence-electron chi connectivity index (χ0n) is 26.4. The van der Waals surface area contributed by atoms with Crippen molar-refractivity contribution in [1.82, 2.24) is 0 Å². The molecule has 2 aromatic carbocycles. The normalized spacial score (nSPS) is 14.0. The molecule has 0 aliphatic carbocycles. The first-order valence-corrected chi connectivity index (χ1v) is 14.4. The molecule has 0 amide bonds. The fourth-order valence-electron chi connectivity index (χ4n) is 4.66. The maximum Gasteiger partial charge on any atom is 0.0698 e. The molecule has 2 aromatic rings. The third kappa shape index (κ3) is 7.88. The first-order valence-electron chi connectivity index (χ1n) is 14.4. The molecule has 0 fully saturated rings. The molecule has 204 valence electrons. The summed E-state index contributed by atoms with van der Waals surface area (Å²) in [7, 11) is 0. The van der Waals surface area contributed by atoms with Crippen LogP contribution >= 0.6 is 0 Å². The van der Waals surface area contributed by atoms with Crippen LogP contribution in [0.25, 0.3) is 0 Å². The third-order valence-electron chi connectivity index (χ3n) is 7.24. The SMILES string of the molecule is CC(C)c1cccc(C(C)C)c1N=C(CC(=Nc1c(C(C)C)cccc1C(C)C)C(C)(C)C)C(C)(C)C. The number of aliphatic imine (C=N–C) groups is 2. The summed E-state index contributed by atoms with van der Waals surface area (Å²) in [5.74, 6) is 1.67. The zero-order valence-corrected chi connectivity index (χ0v) is 26.4. The Hall–Kier alpha value is -2.22. The highest BCUT2D eigenvalue weighted by atomic mass is 14.8. The topological polar surface area (TPSA) is 24.7 Å². The molecule has 0 N–H and O–H groups in total. The summed E-state index contributed by atoms with van der Waals surface area (Å²) in [6.45, 7) is 31.9. The molecule has 0 heterocycles. The molecular weight excluding hydrogens is 448 g/mol. The van der Waals surface area contributed by atoms with Crippen LogP contribution in [0.3, 0.4) is 0 Å². The monoisotopic (exact) mass is 502 g/mol. The second-order valence-corrected chi connectivity index (χ2v) is 14.0. The molecular formula is C35H54N2. The van der Waals surface area contributed by atoms with E-state index in [1.54, 1.807) is 0 Å². The van der Waals surface area contributed by atoms with Crippen LogP contribution < -0.4 is 0 Å². The molecule has 0 bridgehead atoms. The second kappa shape index (κ2) is 12.1. The lowest BCUT2D eigenvalue weighted by atomic mass is 9.80. The summed E-state index contributed by atoms with van der Waals surface area (Å²) in [6, 6.07) is 13.4. The van der Waals surface area contributed by atoms with E-state index in [2.05, 4.69) is 133 Å². The first-order chi connectivity index (χ1) is 16.9. The van der Waals surface area contributed by atoms with Crippen molar-refractivity contribution in [1.29, 1.82) is 0 Å². The lowest BCUT2D eigenvalue weighted by molar-refractivity contribution is 0.564. The Morgan fingerprint density at radius 1 is 0.514 bits per heavy atom. The van der Waals surface area contributed by atoms with Crippen LogP contribution in [0.15, 0.2) is 46.4 Å². The van der Waals surface area contributed by atoms with Crippen molar-refractivity contribution in [2.24, 2.45) is 20.8 Å². The van der Waals surface area contributed by atoms with Gasteiger partial charge in [0.15, 0.2) is 0 Å². The summed E-state index contributed by atoms with van der Waals surface area (Å²) in [5.41, 5.74) is 9.87. The van der Waals surface area contributed by atoms with Gasteiger partial charge in [0.1, 0.15) is 0 Å². The number of hydrogen-bond donors (Lipinski definition) is 0. The van der Waals surface area contributed by atoms with Crippen molar-refractivity contribution in [3.63, 3.8) is 0 Å². The predicted octanol–water partition coefficient (Wildman–Crippen LogP) is 11.5. The number of benzene rings is 2. The van der Waals surface area contributed by atoms with E-state index in [9.17, 15) is 0 Å². The number of nitrogens with zero attached hydrogens (tertiary/aromatic N) is 2. The van der Waals surface area contributed by atoms with Gasteiger partial charge in [0.05, 0.1) is 11.4 Å². The van der Waals surface area contributed by atoms with Gasteiger partial charge in [0.25, 0.3) is 0 Å². The Labute approximate surface area is 229 Å². The van der Waals surface area contributed by atoms with Crippen LogP contribution in [0.4, 0.5) is 11.4 Å². The molecule has 0 radical (unpaired) electrons. The smallest absolute Gasteiger partial charge is 0.0698 e. The van der Waals surface area contributed by atoms with E-state index in [4.69, 9.17) is 9.98 Å². The van der Waals surface area contributed by atoms with Crippen molar-refractivity contribution in [2.45, 2.75) is 127 Å². The molecule has 2 rings (SSSR count). The molecule has 2 heteroatoms.